The molecule has 3 rings (SSSR count). The Kier molecular flexibility index (Phi) is 5.84. The van der Waals surface area contributed by atoms with Crippen molar-refractivity contribution in [1.29, 1.82) is 0 Å². The molecule has 0 radical (unpaired) electrons. The summed E-state index contributed by atoms with van der Waals surface area (Å²) < 4.78 is 40.9. The molecule has 2 aromatic carbocycles. The second kappa shape index (κ2) is 8.12. The van der Waals surface area contributed by atoms with E-state index in [9.17, 15) is 22.8 Å². The maximum Gasteiger partial charge on any atom is 0.256 e. The lowest BCUT2D eigenvalue weighted by Crippen LogP contribution is -2.46. The maximum absolute atomic E-state index is 13.8. The van der Waals surface area contributed by atoms with E-state index in [0.717, 1.165) is 12.1 Å². The summed E-state index contributed by atoms with van der Waals surface area (Å²) in [6, 6.07) is 8.58. The van der Waals surface area contributed by atoms with E-state index in [2.05, 4.69) is 21.2 Å². The lowest BCUT2D eigenvalue weighted by Gasteiger charge is -2.32. The molecular weight excluding hydrogens is 425 g/mol. The highest BCUT2D eigenvalue weighted by atomic mass is 79.9. The number of likely N-dealkylation sites (tertiary alicyclic amines) is 1. The first-order valence-corrected chi connectivity index (χ1v) is 9.16. The smallest absolute Gasteiger partial charge is 0.256 e. The number of carbonyl (C=O) groups excluding carboxylic acids is 2. The molecule has 1 aliphatic heterocycles. The Bertz CT molecular complexity index is 883. The second-order valence-electron chi connectivity index (χ2n) is 6.24. The van der Waals surface area contributed by atoms with Gasteiger partial charge in [-0.3, -0.25) is 9.59 Å². The van der Waals surface area contributed by atoms with Crippen LogP contribution in [0.5, 0.6) is 0 Å². The quantitative estimate of drug-likeness (QED) is 0.735. The zero-order valence-electron chi connectivity index (χ0n) is 14.1. The minimum absolute atomic E-state index is 0.136. The molecule has 8 heteroatoms. The van der Waals surface area contributed by atoms with Crippen LogP contribution in [0.15, 0.2) is 40.9 Å². The Morgan fingerprint density at radius 3 is 2.30 bits per heavy atom. The minimum atomic E-state index is -1.66. The van der Waals surface area contributed by atoms with Crippen LogP contribution >= 0.6 is 15.9 Å². The van der Waals surface area contributed by atoms with E-state index < -0.39 is 28.9 Å². The van der Waals surface area contributed by atoms with Crippen LogP contribution in [0, 0.1) is 17.5 Å². The fraction of sp³-hybridized carbons (Fsp3) is 0.263. The van der Waals surface area contributed by atoms with Crippen LogP contribution in [-0.4, -0.2) is 35.8 Å². The molecule has 0 aromatic heterocycles. The maximum atomic E-state index is 13.8. The summed E-state index contributed by atoms with van der Waals surface area (Å²) in [5.74, 6) is -5.39. The van der Waals surface area contributed by atoms with Gasteiger partial charge in [0.05, 0.1) is 11.1 Å². The summed E-state index contributed by atoms with van der Waals surface area (Å²) in [5.41, 5.74) is 0.0180. The van der Waals surface area contributed by atoms with Crippen LogP contribution in [-0.2, 0) is 0 Å². The molecule has 1 saturated heterocycles. The van der Waals surface area contributed by atoms with E-state index in [-0.39, 0.29) is 25.0 Å². The first-order chi connectivity index (χ1) is 12.9. The highest BCUT2D eigenvalue weighted by molar-refractivity contribution is 9.10. The minimum Gasteiger partial charge on any atom is -0.349 e. The van der Waals surface area contributed by atoms with Crippen LogP contribution in [0.3, 0.4) is 0 Å². The number of benzene rings is 2. The van der Waals surface area contributed by atoms with Crippen molar-refractivity contribution in [3.05, 3.63) is 69.4 Å². The van der Waals surface area contributed by atoms with Gasteiger partial charge in [0.2, 0.25) is 0 Å². The van der Waals surface area contributed by atoms with Crippen LogP contribution in [0.1, 0.15) is 33.6 Å². The van der Waals surface area contributed by atoms with E-state index in [4.69, 9.17) is 0 Å². The third kappa shape index (κ3) is 4.16. The molecule has 1 fully saturated rings. The summed E-state index contributed by atoms with van der Waals surface area (Å²) in [5, 5.41) is 2.91. The summed E-state index contributed by atoms with van der Waals surface area (Å²) in [7, 11) is 0. The normalized spacial score (nSPS) is 14.9. The monoisotopic (exact) mass is 440 g/mol. The number of halogens is 4. The molecule has 2 amide bonds. The third-order valence-electron chi connectivity index (χ3n) is 4.50. The zero-order valence-corrected chi connectivity index (χ0v) is 15.7. The highest BCUT2D eigenvalue weighted by Crippen LogP contribution is 2.21. The van der Waals surface area contributed by atoms with Gasteiger partial charge >= 0.3 is 0 Å². The molecular formula is C19H16BrF3N2O2. The number of hydrogen-bond acceptors (Lipinski definition) is 2. The lowest BCUT2D eigenvalue weighted by atomic mass is 10.0. The van der Waals surface area contributed by atoms with Crippen molar-refractivity contribution in [2.75, 3.05) is 13.1 Å². The van der Waals surface area contributed by atoms with Gasteiger partial charge in [0.15, 0.2) is 17.5 Å². The first-order valence-electron chi connectivity index (χ1n) is 8.36. The molecule has 142 valence electrons. The van der Waals surface area contributed by atoms with Gasteiger partial charge in [-0.1, -0.05) is 12.1 Å². The van der Waals surface area contributed by atoms with Gasteiger partial charge < -0.3 is 10.2 Å². The van der Waals surface area contributed by atoms with Crippen LogP contribution in [0.4, 0.5) is 13.2 Å². The number of hydrogen-bond donors (Lipinski definition) is 1. The average Bonchev–Trinajstić information content (AvgIpc) is 2.66. The summed E-state index contributed by atoms with van der Waals surface area (Å²) >= 11 is 3.33. The van der Waals surface area contributed by atoms with Gasteiger partial charge in [-0.05, 0) is 53.0 Å². The fourth-order valence-corrected chi connectivity index (χ4v) is 3.46. The topological polar surface area (TPSA) is 49.4 Å². The zero-order chi connectivity index (χ0) is 19.6. The molecule has 1 N–H and O–H groups in total. The first kappa shape index (κ1) is 19.4. The van der Waals surface area contributed by atoms with E-state index in [1.165, 1.54) is 4.90 Å². The Morgan fingerprint density at radius 1 is 0.963 bits per heavy atom. The average molecular weight is 441 g/mol. The molecule has 0 unspecified atom stereocenters. The molecule has 4 nitrogen and oxygen atoms in total. The number of rotatable bonds is 3. The van der Waals surface area contributed by atoms with Crippen LogP contribution in [0.25, 0.3) is 0 Å². The molecule has 0 atom stereocenters. The Morgan fingerprint density at radius 2 is 1.63 bits per heavy atom. The number of carbonyl (C=O) groups is 2. The van der Waals surface area contributed by atoms with Gasteiger partial charge in [-0.25, -0.2) is 13.2 Å². The predicted octanol–water partition coefficient (Wildman–Crippen LogP) is 3.90. The molecule has 2 aromatic rings. The lowest BCUT2D eigenvalue weighted by molar-refractivity contribution is 0.0692. The molecule has 1 aliphatic rings. The number of nitrogens with zero attached hydrogens (tertiary/aromatic N) is 1. The Hall–Kier alpha value is -2.35. The molecule has 0 spiro atoms. The molecule has 0 saturated carbocycles. The van der Waals surface area contributed by atoms with Crippen LogP contribution in [0.2, 0.25) is 0 Å². The molecule has 0 bridgehead atoms. The van der Waals surface area contributed by atoms with Crippen molar-refractivity contribution in [2.45, 2.75) is 18.9 Å². The molecule has 0 aliphatic carbocycles. The van der Waals surface area contributed by atoms with Crippen LogP contribution < -0.4 is 5.32 Å². The second-order valence-corrected chi connectivity index (χ2v) is 7.10. The van der Waals surface area contributed by atoms with E-state index in [0.29, 0.717) is 22.9 Å². The van der Waals surface area contributed by atoms with Crippen molar-refractivity contribution in [3.63, 3.8) is 0 Å². The van der Waals surface area contributed by atoms with Gasteiger partial charge in [-0.2, -0.15) is 0 Å². The number of piperidine rings is 1. The highest BCUT2D eigenvalue weighted by Gasteiger charge is 2.28. The SMILES string of the molecule is O=C(NC1CCN(C(=O)c2ccc(F)c(F)c2F)CC1)c1ccccc1Br. The van der Waals surface area contributed by atoms with E-state index in [1.54, 1.807) is 18.2 Å². The van der Waals surface area contributed by atoms with E-state index >= 15 is 0 Å². The van der Waals surface area contributed by atoms with Crippen molar-refractivity contribution in [1.82, 2.24) is 10.2 Å². The number of amides is 2. The van der Waals surface area contributed by atoms with Crippen molar-refractivity contribution in [3.8, 4) is 0 Å². The van der Waals surface area contributed by atoms with Crippen molar-refractivity contribution in [2.24, 2.45) is 0 Å². The summed E-state index contributed by atoms with van der Waals surface area (Å²) in [6.45, 7) is 0.552. The van der Waals surface area contributed by atoms with Crippen molar-refractivity contribution >= 4 is 27.7 Å². The Balaban J connectivity index is 1.61. The summed E-state index contributed by atoms with van der Waals surface area (Å²) in [4.78, 5) is 26.1. The van der Waals surface area contributed by atoms with Gasteiger partial charge in [0, 0.05) is 23.6 Å². The number of nitrogens with one attached hydrogen (secondary N) is 1. The van der Waals surface area contributed by atoms with Gasteiger partial charge in [-0.15, -0.1) is 0 Å². The third-order valence-corrected chi connectivity index (χ3v) is 5.19. The fourth-order valence-electron chi connectivity index (χ4n) is 3.00. The predicted molar refractivity (Wildman–Crippen MR) is 96.8 cm³/mol. The largest absolute Gasteiger partial charge is 0.349 e. The summed E-state index contributed by atoms with van der Waals surface area (Å²) in [6.07, 6.45) is 0.959. The molecule has 1 heterocycles. The van der Waals surface area contributed by atoms with Gasteiger partial charge in [0.1, 0.15) is 0 Å². The molecule has 27 heavy (non-hydrogen) atoms. The van der Waals surface area contributed by atoms with E-state index in [1.807, 2.05) is 6.07 Å². The van der Waals surface area contributed by atoms with Crippen molar-refractivity contribution < 1.29 is 22.8 Å². The Labute approximate surface area is 162 Å². The standard InChI is InChI=1S/C19H16BrF3N2O2/c20-14-4-2-1-3-12(14)18(26)24-11-7-9-25(10-8-11)19(27)13-5-6-15(21)17(23)16(13)22/h1-6,11H,7-10H2,(H,24,26). The van der Waals surface area contributed by atoms with Gasteiger partial charge in [0.25, 0.3) is 11.8 Å².